The van der Waals surface area contributed by atoms with E-state index in [4.69, 9.17) is 5.11 Å². The van der Waals surface area contributed by atoms with E-state index in [0.29, 0.717) is 5.56 Å². The number of aryl methyl sites for hydroxylation is 2. The Morgan fingerprint density at radius 3 is 2.50 bits per heavy atom. The second-order valence-corrected chi connectivity index (χ2v) is 7.89. The number of rotatable bonds is 5. The molecule has 1 N–H and O–H groups in total. The molecular weight excluding hydrogens is 276 g/mol. The third-order valence-electron chi connectivity index (χ3n) is 3.77. The van der Waals surface area contributed by atoms with E-state index in [1.165, 1.54) is 11.1 Å². The lowest BCUT2D eigenvalue weighted by Crippen LogP contribution is -2.35. The Balaban J connectivity index is 2.26. The summed E-state index contributed by atoms with van der Waals surface area (Å²) in [5.74, 6) is -1.90. The Kier molecular flexibility index (Phi) is 4.18. The number of sulfone groups is 1. The fraction of sp³-hybridized carbons (Fsp3) is 0.533. The third-order valence-corrected chi connectivity index (χ3v) is 6.02. The van der Waals surface area contributed by atoms with Crippen LogP contribution in [0.2, 0.25) is 0 Å². The van der Waals surface area contributed by atoms with Crippen LogP contribution in [-0.2, 0) is 33.2 Å². The van der Waals surface area contributed by atoms with Crippen molar-refractivity contribution in [1.29, 1.82) is 0 Å². The topological polar surface area (TPSA) is 71.4 Å². The first-order valence-electron chi connectivity index (χ1n) is 6.86. The maximum Gasteiger partial charge on any atom is 0.322 e. The smallest absolute Gasteiger partial charge is 0.322 e. The molecule has 0 fully saturated rings. The highest BCUT2D eigenvalue weighted by Gasteiger charge is 2.35. The van der Waals surface area contributed by atoms with Crippen LogP contribution in [0.3, 0.4) is 0 Å². The molecule has 0 radical (unpaired) electrons. The molecule has 0 bridgehead atoms. The van der Waals surface area contributed by atoms with E-state index < -0.39 is 27.0 Å². The van der Waals surface area contributed by atoms with Crippen molar-refractivity contribution in [2.24, 2.45) is 5.92 Å². The van der Waals surface area contributed by atoms with E-state index in [9.17, 15) is 13.2 Å². The van der Waals surface area contributed by atoms with Crippen molar-refractivity contribution in [2.75, 3.05) is 0 Å². The number of benzene rings is 1. The van der Waals surface area contributed by atoms with Crippen LogP contribution in [0.15, 0.2) is 18.2 Å². The molecule has 4 nitrogen and oxygen atoms in total. The zero-order valence-corrected chi connectivity index (χ0v) is 12.6. The van der Waals surface area contributed by atoms with Gasteiger partial charge in [-0.1, -0.05) is 32.0 Å². The van der Waals surface area contributed by atoms with Gasteiger partial charge >= 0.3 is 5.97 Å². The SMILES string of the molecule is CC(C)C(C(=O)O)S(=O)(=O)Cc1ccc2c(c1)CCC2. The lowest BCUT2D eigenvalue weighted by atomic mass is 10.1. The van der Waals surface area contributed by atoms with E-state index in [1.807, 2.05) is 12.1 Å². The molecule has 110 valence electrons. The number of hydrogen-bond acceptors (Lipinski definition) is 3. The van der Waals surface area contributed by atoms with Crippen LogP contribution in [-0.4, -0.2) is 24.7 Å². The van der Waals surface area contributed by atoms with Crippen LogP contribution in [0.25, 0.3) is 0 Å². The highest BCUT2D eigenvalue weighted by molar-refractivity contribution is 7.92. The highest BCUT2D eigenvalue weighted by Crippen LogP contribution is 2.25. The van der Waals surface area contributed by atoms with Gasteiger partial charge in [-0.25, -0.2) is 8.42 Å². The standard InChI is InChI=1S/C15H20O4S/c1-10(2)14(15(16)17)20(18,19)9-11-6-7-12-4-3-5-13(12)8-11/h6-8,10,14H,3-5,9H2,1-2H3,(H,16,17). The first kappa shape index (κ1) is 15.0. The molecule has 5 heteroatoms. The van der Waals surface area contributed by atoms with Gasteiger partial charge in [-0.2, -0.15) is 0 Å². The van der Waals surface area contributed by atoms with Gasteiger partial charge < -0.3 is 5.11 Å². The number of carboxylic acid groups (broad SMARTS) is 1. The van der Waals surface area contributed by atoms with Crippen molar-refractivity contribution in [3.63, 3.8) is 0 Å². The minimum absolute atomic E-state index is 0.199. The van der Waals surface area contributed by atoms with E-state index in [0.717, 1.165) is 19.3 Å². The van der Waals surface area contributed by atoms with Gasteiger partial charge in [0, 0.05) is 0 Å². The lowest BCUT2D eigenvalue weighted by Gasteiger charge is -2.17. The summed E-state index contributed by atoms with van der Waals surface area (Å²) in [6.45, 7) is 3.25. The van der Waals surface area contributed by atoms with Crippen molar-refractivity contribution < 1.29 is 18.3 Å². The summed E-state index contributed by atoms with van der Waals surface area (Å²) in [5.41, 5.74) is 3.18. The van der Waals surface area contributed by atoms with Crippen molar-refractivity contribution in [3.8, 4) is 0 Å². The first-order valence-corrected chi connectivity index (χ1v) is 8.58. The molecule has 0 aliphatic heterocycles. The molecule has 0 saturated carbocycles. The van der Waals surface area contributed by atoms with Crippen molar-refractivity contribution in [3.05, 3.63) is 34.9 Å². The molecule has 0 saturated heterocycles. The summed E-state index contributed by atoms with van der Waals surface area (Å²) in [7, 11) is -3.69. The number of carboxylic acids is 1. The number of aliphatic carboxylic acids is 1. The zero-order chi connectivity index (χ0) is 14.9. The summed E-state index contributed by atoms with van der Waals surface area (Å²) >= 11 is 0. The second-order valence-electron chi connectivity index (χ2n) is 5.77. The molecule has 1 atom stereocenters. The van der Waals surface area contributed by atoms with Crippen molar-refractivity contribution in [1.82, 2.24) is 0 Å². The maximum atomic E-state index is 12.3. The molecule has 2 rings (SSSR count). The lowest BCUT2D eigenvalue weighted by molar-refractivity contribution is -0.137. The predicted octanol–water partition coefficient (Wildman–Crippen LogP) is 2.20. The number of hydrogen-bond donors (Lipinski definition) is 1. The monoisotopic (exact) mass is 296 g/mol. The Bertz CT molecular complexity index is 617. The summed E-state index contributed by atoms with van der Waals surface area (Å²) in [4.78, 5) is 11.2. The molecule has 1 aromatic carbocycles. The van der Waals surface area contributed by atoms with Gasteiger partial charge in [0.25, 0.3) is 0 Å². The average molecular weight is 296 g/mol. The van der Waals surface area contributed by atoms with Gasteiger partial charge in [0.1, 0.15) is 0 Å². The van der Waals surface area contributed by atoms with Gasteiger partial charge in [0.05, 0.1) is 5.75 Å². The van der Waals surface area contributed by atoms with Crippen molar-refractivity contribution in [2.45, 2.75) is 44.1 Å². The first-order chi connectivity index (χ1) is 9.31. The Morgan fingerprint density at radius 1 is 1.25 bits per heavy atom. The molecule has 1 aliphatic rings. The number of carbonyl (C=O) groups is 1. The van der Waals surface area contributed by atoms with Gasteiger partial charge in [-0.15, -0.1) is 0 Å². The van der Waals surface area contributed by atoms with Crippen LogP contribution in [0, 0.1) is 5.92 Å². The molecule has 1 aliphatic carbocycles. The molecule has 0 aromatic heterocycles. The highest BCUT2D eigenvalue weighted by atomic mass is 32.2. The van der Waals surface area contributed by atoms with E-state index in [2.05, 4.69) is 0 Å². The molecule has 1 unspecified atom stereocenters. The predicted molar refractivity (Wildman–Crippen MR) is 77.4 cm³/mol. The molecule has 1 aromatic rings. The summed E-state index contributed by atoms with van der Waals surface area (Å²) in [6.07, 6.45) is 3.14. The molecular formula is C15H20O4S. The van der Waals surface area contributed by atoms with E-state index in [-0.39, 0.29) is 5.75 Å². The van der Waals surface area contributed by atoms with Gasteiger partial charge in [-0.05, 0) is 41.9 Å². The Hall–Kier alpha value is -1.36. The van der Waals surface area contributed by atoms with Gasteiger partial charge in [0.15, 0.2) is 15.1 Å². The Morgan fingerprint density at radius 2 is 1.90 bits per heavy atom. The molecule has 0 amide bonds. The van der Waals surface area contributed by atoms with Crippen LogP contribution in [0.1, 0.15) is 37.0 Å². The largest absolute Gasteiger partial charge is 0.480 e. The fourth-order valence-corrected chi connectivity index (χ4v) is 4.85. The maximum absolute atomic E-state index is 12.3. The van der Waals surface area contributed by atoms with Crippen LogP contribution in [0.5, 0.6) is 0 Å². The van der Waals surface area contributed by atoms with Gasteiger partial charge in [-0.3, -0.25) is 4.79 Å². The average Bonchev–Trinajstić information content (AvgIpc) is 2.73. The Labute approximate surface area is 119 Å². The third kappa shape index (κ3) is 3.03. The molecule has 0 heterocycles. The quantitative estimate of drug-likeness (QED) is 0.904. The minimum atomic E-state index is -3.69. The zero-order valence-electron chi connectivity index (χ0n) is 11.8. The molecule has 20 heavy (non-hydrogen) atoms. The van der Waals surface area contributed by atoms with Crippen molar-refractivity contribution >= 4 is 15.8 Å². The normalized spacial score (nSPS) is 16.1. The van der Waals surface area contributed by atoms with E-state index in [1.54, 1.807) is 19.9 Å². The number of fused-ring (bicyclic) bond motifs is 1. The minimum Gasteiger partial charge on any atom is -0.480 e. The van der Waals surface area contributed by atoms with Crippen LogP contribution in [0.4, 0.5) is 0 Å². The molecule has 0 spiro atoms. The summed E-state index contributed by atoms with van der Waals surface area (Å²) in [5, 5.41) is 7.80. The van der Waals surface area contributed by atoms with E-state index >= 15 is 0 Å². The fourth-order valence-electron chi connectivity index (χ4n) is 2.89. The summed E-state index contributed by atoms with van der Waals surface area (Å²) < 4.78 is 24.6. The van der Waals surface area contributed by atoms with Crippen LogP contribution >= 0.6 is 0 Å². The second kappa shape index (κ2) is 5.56. The van der Waals surface area contributed by atoms with Gasteiger partial charge in [0.2, 0.25) is 0 Å². The van der Waals surface area contributed by atoms with Crippen LogP contribution < -0.4 is 0 Å². The summed E-state index contributed by atoms with van der Waals surface area (Å²) in [6, 6.07) is 5.69.